The predicted molar refractivity (Wildman–Crippen MR) is 118 cm³/mol. The quantitative estimate of drug-likeness (QED) is 0.543. The van der Waals surface area contributed by atoms with Crippen LogP contribution in [0.25, 0.3) is 0 Å². The van der Waals surface area contributed by atoms with Crippen molar-refractivity contribution >= 4 is 35.0 Å². The Kier molecular flexibility index (Phi) is 6.92. The van der Waals surface area contributed by atoms with Crippen LogP contribution in [0, 0.1) is 6.92 Å². The Bertz CT molecular complexity index is 1000. The highest BCUT2D eigenvalue weighted by molar-refractivity contribution is 8.00. The molecular weight excluding hydrogens is 384 g/mol. The van der Waals surface area contributed by atoms with E-state index in [0.29, 0.717) is 16.9 Å². The average molecular weight is 407 g/mol. The van der Waals surface area contributed by atoms with E-state index in [1.165, 1.54) is 11.8 Å². The highest BCUT2D eigenvalue weighted by Gasteiger charge is 2.13. The average Bonchev–Trinajstić information content (AvgIpc) is 2.73. The summed E-state index contributed by atoms with van der Waals surface area (Å²) < 4.78 is 5.13. The molecule has 0 radical (unpaired) electrons. The van der Waals surface area contributed by atoms with Crippen LogP contribution in [0.1, 0.15) is 15.9 Å². The van der Waals surface area contributed by atoms with Crippen molar-refractivity contribution in [1.29, 1.82) is 0 Å². The second-order valence-electron chi connectivity index (χ2n) is 6.38. The van der Waals surface area contributed by atoms with Crippen LogP contribution in [0.3, 0.4) is 0 Å². The SMILES string of the molecule is COc1ccc(SCC(=O)Nc2ccccc2C(=O)Nc2cccc(C)c2)cc1. The molecule has 3 aromatic rings. The molecule has 0 heterocycles. The van der Waals surface area contributed by atoms with E-state index in [2.05, 4.69) is 10.6 Å². The minimum atomic E-state index is -0.269. The third kappa shape index (κ3) is 5.86. The van der Waals surface area contributed by atoms with Crippen LogP contribution in [-0.2, 0) is 4.79 Å². The maximum absolute atomic E-state index is 12.7. The van der Waals surface area contributed by atoms with Gasteiger partial charge in [-0.15, -0.1) is 11.8 Å². The van der Waals surface area contributed by atoms with E-state index < -0.39 is 0 Å². The summed E-state index contributed by atoms with van der Waals surface area (Å²) >= 11 is 1.42. The number of anilines is 2. The summed E-state index contributed by atoms with van der Waals surface area (Å²) in [6, 6.07) is 22.1. The summed E-state index contributed by atoms with van der Waals surface area (Å²) in [6.45, 7) is 1.96. The molecule has 0 spiro atoms. The van der Waals surface area contributed by atoms with E-state index >= 15 is 0 Å². The lowest BCUT2D eigenvalue weighted by Crippen LogP contribution is -2.19. The van der Waals surface area contributed by atoms with Crippen LogP contribution in [0.5, 0.6) is 5.75 Å². The summed E-state index contributed by atoms with van der Waals surface area (Å²) in [7, 11) is 1.61. The molecule has 0 unspecified atom stereocenters. The first-order valence-corrected chi connectivity index (χ1v) is 10.1. The number of rotatable bonds is 7. The first kappa shape index (κ1) is 20.5. The molecule has 0 aliphatic heterocycles. The number of hydrogen-bond donors (Lipinski definition) is 2. The number of methoxy groups -OCH3 is 1. The smallest absolute Gasteiger partial charge is 0.257 e. The van der Waals surface area contributed by atoms with E-state index in [1.54, 1.807) is 31.4 Å². The Morgan fingerprint density at radius 1 is 0.931 bits per heavy atom. The van der Waals surface area contributed by atoms with Crippen molar-refractivity contribution < 1.29 is 14.3 Å². The van der Waals surface area contributed by atoms with Crippen molar-refractivity contribution in [3.8, 4) is 5.75 Å². The molecule has 0 aliphatic rings. The number of carbonyl (C=O) groups is 2. The topological polar surface area (TPSA) is 67.4 Å². The van der Waals surface area contributed by atoms with Crippen molar-refractivity contribution in [3.05, 3.63) is 83.9 Å². The second-order valence-corrected chi connectivity index (χ2v) is 7.43. The molecule has 0 fully saturated rings. The van der Waals surface area contributed by atoms with Crippen molar-refractivity contribution in [2.24, 2.45) is 0 Å². The molecule has 148 valence electrons. The molecule has 2 N–H and O–H groups in total. The highest BCUT2D eigenvalue weighted by Crippen LogP contribution is 2.22. The molecule has 6 heteroatoms. The fourth-order valence-corrected chi connectivity index (χ4v) is 3.42. The number of benzene rings is 3. The fourth-order valence-electron chi connectivity index (χ4n) is 2.72. The number of thioether (sulfide) groups is 1. The van der Waals surface area contributed by atoms with Gasteiger partial charge in [-0.05, 0) is 61.0 Å². The molecule has 0 atom stereocenters. The number of aryl methyl sites for hydroxylation is 1. The van der Waals surface area contributed by atoms with Gasteiger partial charge in [0.15, 0.2) is 0 Å². The van der Waals surface area contributed by atoms with E-state index in [0.717, 1.165) is 16.2 Å². The fraction of sp³-hybridized carbons (Fsp3) is 0.130. The van der Waals surface area contributed by atoms with Crippen molar-refractivity contribution in [2.75, 3.05) is 23.5 Å². The zero-order valence-electron chi connectivity index (χ0n) is 16.3. The van der Waals surface area contributed by atoms with Gasteiger partial charge in [0.2, 0.25) is 5.91 Å². The lowest BCUT2D eigenvalue weighted by atomic mass is 10.1. The first-order valence-electron chi connectivity index (χ1n) is 9.09. The lowest BCUT2D eigenvalue weighted by Gasteiger charge is -2.12. The third-order valence-corrected chi connectivity index (χ3v) is 5.16. The van der Waals surface area contributed by atoms with Crippen LogP contribution >= 0.6 is 11.8 Å². The van der Waals surface area contributed by atoms with Crippen LogP contribution in [0.15, 0.2) is 77.7 Å². The summed E-state index contributed by atoms with van der Waals surface area (Å²) in [5.41, 5.74) is 2.67. The summed E-state index contributed by atoms with van der Waals surface area (Å²) in [5, 5.41) is 5.71. The van der Waals surface area contributed by atoms with Crippen LogP contribution in [0.2, 0.25) is 0 Å². The molecule has 0 saturated heterocycles. The monoisotopic (exact) mass is 406 g/mol. The molecule has 29 heavy (non-hydrogen) atoms. The summed E-state index contributed by atoms with van der Waals surface area (Å²) in [5.74, 6) is 0.559. The van der Waals surface area contributed by atoms with Gasteiger partial charge in [-0.3, -0.25) is 9.59 Å². The molecule has 0 bridgehead atoms. The molecule has 0 saturated carbocycles. The largest absolute Gasteiger partial charge is 0.497 e. The number of amides is 2. The van der Waals surface area contributed by atoms with Crippen molar-refractivity contribution in [1.82, 2.24) is 0 Å². The first-order chi connectivity index (χ1) is 14.0. The Balaban J connectivity index is 1.63. The number of carbonyl (C=O) groups excluding carboxylic acids is 2. The Morgan fingerprint density at radius 2 is 1.69 bits per heavy atom. The van der Waals surface area contributed by atoms with Gasteiger partial charge in [0.05, 0.1) is 24.1 Å². The zero-order valence-corrected chi connectivity index (χ0v) is 17.1. The predicted octanol–water partition coefficient (Wildman–Crippen LogP) is 4.99. The molecule has 2 amide bonds. The summed E-state index contributed by atoms with van der Waals surface area (Å²) in [4.78, 5) is 26.1. The lowest BCUT2D eigenvalue weighted by molar-refractivity contribution is -0.113. The van der Waals surface area contributed by atoms with E-state index in [4.69, 9.17) is 4.74 Å². The normalized spacial score (nSPS) is 10.3. The van der Waals surface area contributed by atoms with Crippen LogP contribution in [-0.4, -0.2) is 24.7 Å². The Labute approximate surface area is 174 Å². The molecule has 3 rings (SSSR count). The minimum Gasteiger partial charge on any atom is -0.497 e. The van der Waals surface area contributed by atoms with Gasteiger partial charge in [0.25, 0.3) is 5.91 Å². The molecule has 0 aromatic heterocycles. The van der Waals surface area contributed by atoms with Crippen LogP contribution in [0.4, 0.5) is 11.4 Å². The molecule has 3 aromatic carbocycles. The van der Waals surface area contributed by atoms with Gasteiger partial charge in [0, 0.05) is 10.6 Å². The number of ether oxygens (including phenoxy) is 1. The van der Waals surface area contributed by atoms with Crippen molar-refractivity contribution in [3.63, 3.8) is 0 Å². The maximum atomic E-state index is 12.7. The van der Waals surface area contributed by atoms with Gasteiger partial charge in [-0.1, -0.05) is 24.3 Å². The number of nitrogens with one attached hydrogen (secondary N) is 2. The van der Waals surface area contributed by atoms with Crippen molar-refractivity contribution in [2.45, 2.75) is 11.8 Å². The Morgan fingerprint density at radius 3 is 2.41 bits per heavy atom. The van der Waals surface area contributed by atoms with Gasteiger partial charge in [-0.2, -0.15) is 0 Å². The number of hydrogen-bond acceptors (Lipinski definition) is 4. The molecule has 0 aliphatic carbocycles. The maximum Gasteiger partial charge on any atom is 0.257 e. The van der Waals surface area contributed by atoms with Gasteiger partial charge in [-0.25, -0.2) is 0 Å². The van der Waals surface area contributed by atoms with Gasteiger partial charge < -0.3 is 15.4 Å². The second kappa shape index (κ2) is 9.80. The Hall–Kier alpha value is -3.25. The molecular formula is C23H22N2O3S. The minimum absolute atomic E-state index is 0.179. The highest BCUT2D eigenvalue weighted by atomic mass is 32.2. The molecule has 5 nitrogen and oxygen atoms in total. The van der Waals surface area contributed by atoms with E-state index in [-0.39, 0.29) is 17.6 Å². The standard InChI is InChI=1S/C23H22N2O3S/c1-16-6-5-7-17(14-16)24-23(27)20-8-3-4-9-21(20)25-22(26)15-29-19-12-10-18(28-2)11-13-19/h3-14H,15H2,1-2H3,(H,24,27)(H,25,26). The van der Waals surface area contributed by atoms with Crippen LogP contribution < -0.4 is 15.4 Å². The van der Waals surface area contributed by atoms with Gasteiger partial charge in [0.1, 0.15) is 5.75 Å². The third-order valence-electron chi connectivity index (χ3n) is 4.15. The zero-order chi connectivity index (χ0) is 20.6. The van der Waals surface area contributed by atoms with E-state index in [9.17, 15) is 9.59 Å². The van der Waals surface area contributed by atoms with Gasteiger partial charge >= 0.3 is 0 Å². The summed E-state index contributed by atoms with van der Waals surface area (Å²) in [6.07, 6.45) is 0. The van der Waals surface area contributed by atoms with E-state index in [1.807, 2.05) is 55.5 Å². The number of para-hydroxylation sites is 1.